The lowest BCUT2D eigenvalue weighted by molar-refractivity contribution is -0.136. The Labute approximate surface area is 164 Å². The maximum absolute atomic E-state index is 12.9. The number of imide groups is 1. The van der Waals surface area contributed by atoms with E-state index in [1.54, 1.807) is 4.90 Å². The van der Waals surface area contributed by atoms with Crippen molar-refractivity contribution >= 4 is 17.7 Å². The number of amides is 3. The highest BCUT2D eigenvalue weighted by atomic mass is 16.2. The van der Waals surface area contributed by atoms with Gasteiger partial charge in [0, 0.05) is 36.7 Å². The molecule has 28 heavy (non-hydrogen) atoms. The SMILES string of the molecule is O=C1CCC(N2Cc3c(CNC4CCNC45CCC5)cccc3C2=O)C(=O)N1. The summed E-state index contributed by atoms with van der Waals surface area (Å²) in [5.41, 5.74) is 3.10. The first-order chi connectivity index (χ1) is 13.6. The summed E-state index contributed by atoms with van der Waals surface area (Å²) in [7, 11) is 0. The Balaban J connectivity index is 1.32. The summed E-state index contributed by atoms with van der Waals surface area (Å²) in [5.74, 6) is -0.726. The number of piperidine rings is 1. The fraction of sp³-hybridized carbons (Fsp3) is 0.571. The number of fused-ring (bicyclic) bond motifs is 1. The van der Waals surface area contributed by atoms with Crippen LogP contribution in [0.25, 0.3) is 0 Å². The van der Waals surface area contributed by atoms with Crippen molar-refractivity contribution in [2.45, 2.75) is 69.2 Å². The van der Waals surface area contributed by atoms with Crippen LogP contribution in [0.5, 0.6) is 0 Å². The monoisotopic (exact) mass is 382 g/mol. The fourth-order valence-electron chi connectivity index (χ4n) is 5.29. The summed E-state index contributed by atoms with van der Waals surface area (Å²) >= 11 is 0. The number of nitrogens with zero attached hydrogens (tertiary/aromatic N) is 1. The number of carbonyl (C=O) groups excluding carboxylic acids is 3. The topological polar surface area (TPSA) is 90.5 Å². The summed E-state index contributed by atoms with van der Waals surface area (Å²) < 4.78 is 0. The molecule has 3 aliphatic heterocycles. The number of hydrogen-bond donors (Lipinski definition) is 3. The molecular formula is C21H26N4O3. The smallest absolute Gasteiger partial charge is 0.255 e. The molecule has 1 aliphatic carbocycles. The molecule has 0 bridgehead atoms. The summed E-state index contributed by atoms with van der Waals surface area (Å²) in [6.07, 6.45) is 5.58. The zero-order chi connectivity index (χ0) is 19.3. The van der Waals surface area contributed by atoms with Crippen molar-refractivity contribution in [3.05, 3.63) is 34.9 Å². The molecule has 1 aromatic rings. The molecule has 3 fully saturated rings. The van der Waals surface area contributed by atoms with Crippen LogP contribution < -0.4 is 16.0 Å². The number of hydrogen-bond acceptors (Lipinski definition) is 5. The number of benzene rings is 1. The molecule has 4 aliphatic rings. The molecule has 3 heterocycles. The molecule has 7 heteroatoms. The van der Waals surface area contributed by atoms with Gasteiger partial charge >= 0.3 is 0 Å². The Hall–Kier alpha value is -2.25. The molecule has 7 nitrogen and oxygen atoms in total. The van der Waals surface area contributed by atoms with Crippen molar-refractivity contribution < 1.29 is 14.4 Å². The van der Waals surface area contributed by atoms with Gasteiger partial charge in [-0.25, -0.2) is 0 Å². The first-order valence-corrected chi connectivity index (χ1v) is 10.3. The second-order valence-corrected chi connectivity index (χ2v) is 8.50. The van der Waals surface area contributed by atoms with Crippen molar-refractivity contribution in [2.24, 2.45) is 0 Å². The molecule has 1 saturated carbocycles. The van der Waals surface area contributed by atoms with Gasteiger partial charge in [0.1, 0.15) is 6.04 Å². The lowest BCUT2D eigenvalue weighted by Crippen LogP contribution is -2.57. The average Bonchev–Trinajstić information content (AvgIpc) is 3.22. The molecule has 3 N–H and O–H groups in total. The van der Waals surface area contributed by atoms with Crippen molar-refractivity contribution in [2.75, 3.05) is 6.54 Å². The second-order valence-electron chi connectivity index (χ2n) is 8.50. The van der Waals surface area contributed by atoms with Crippen LogP contribution in [0, 0.1) is 0 Å². The van der Waals surface area contributed by atoms with Crippen LogP contribution in [0.1, 0.15) is 60.0 Å². The van der Waals surface area contributed by atoms with Crippen LogP contribution in [-0.2, 0) is 22.7 Å². The van der Waals surface area contributed by atoms with E-state index in [9.17, 15) is 14.4 Å². The third kappa shape index (κ3) is 2.76. The highest BCUT2D eigenvalue weighted by molar-refractivity contribution is 6.05. The Morgan fingerprint density at radius 1 is 1.18 bits per heavy atom. The minimum absolute atomic E-state index is 0.107. The van der Waals surface area contributed by atoms with Gasteiger partial charge in [0.05, 0.1) is 0 Å². The molecule has 2 unspecified atom stereocenters. The highest BCUT2D eigenvalue weighted by Gasteiger charge is 2.47. The zero-order valence-electron chi connectivity index (χ0n) is 15.9. The quantitative estimate of drug-likeness (QED) is 0.671. The Morgan fingerprint density at radius 3 is 2.79 bits per heavy atom. The molecule has 1 aromatic carbocycles. The van der Waals surface area contributed by atoms with E-state index in [0.717, 1.165) is 30.6 Å². The maximum atomic E-state index is 12.9. The van der Waals surface area contributed by atoms with Gasteiger partial charge in [0.25, 0.3) is 5.91 Å². The molecular weight excluding hydrogens is 356 g/mol. The van der Waals surface area contributed by atoms with Crippen molar-refractivity contribution in [3.8, 4) is 0 Å². The Bertz CT molecular complexity index is 848. The van der Waals surface area contributed by atoms with E-state index >= 15 is 0 Å². The highest BCUT2D eigenvalue weighted by Crippen LogP contribution is 2.39. The Kier molecular flexibility index (Phi) is 4.25. The number of nitrogens with one attached hydrogen (secondary N) is 3. The molecule has 148 valence electrons. The average molecular weight is 382 g/mol. The van der Waals surface area contributed by atoms with E-state index < -0.39 is 6.04 Å². The minimum atomic E-state index is -0.560. The van der Waals surface area contributed by atoms with E-state index in [-0.39, 0.29) is 29.7 Å². The van der Waals surface area contributed by atoms with Crippen LogP contribution in [-0.4, -0.2) is 46.8 Å². The summed E-state index contributed by atoms with van der Waals surface area (Å²) in [5, 5.41) is 9.77. The van der Waals surface area contributed by atoms with E-state index in [2.05, 4.69) is 22.0 Å². The first kappa shape index (κ1) is 17.8. The predicted molar refractivity (Wildman–Crippen MR) is 102 cm³/mol. The summed E-state index contributed by atoms with van der Waals surface area (Å²) in [6, 6.07) is 5.75. The summed E-state index contributed by atoms with van der Waals surface area (Å²) in [6.45, 7) is 2.23. The Morgan fingerprint density at radius 2 is 2.04 bits per heavy atom. The van der Waals surface area contributed by atoms with E-state index in [1.807, 2.05) is 12.1 Å². The largest absolute Gasteiger partial charge is 0.322 e. The van der Waals surface area contributed by atoms with Crippen molar-refractivity contribution in [1.82, 2.24) is 20.9 Å². The van der Waals surface area contributed by atoms with Gasteiger partial charge in [0.2, 0.25) is 11.8 Å². The normalized spacial score (nSPS) is 28.4. The van der Waals surface area contributed by atoms with Gasteiger partial charge in [-0.1, -0.05) is 12.1 Å². The molecule has 2 saturated heterocycles. The van der Waals surface area contributed by atoms with Crippen LogP contribution in [0.15, 0.2) is 18.2 Å². The van der Waals surface area contributed by atoms with Crippen molar-refractivity contribution in [3.63, 3.8) is 0 Å². The summed E-state index contributed by atoms with van der Waals surface area (Å²) in [4.78, 5) is 38.2. The second kappa shape index (κ2) is 6.67. The van der Waals surface area contributed by atoms with E-state index in [0.29, 0.717) is 24.6 Å². The third-order valence-corrected chi connectivity index (χ3v) is 7.04. The van der Waals surface area contributed by atoms with Gasteiger partial charge in [0.15, 0.2) is 0 Å². The van der Waals surface area contributed by atoms with E-state index in [1.165, 1.54) is 19.3 Å². The van der Waals surface area contributed by atoms with Crippen LogP contribution in [0.2, 0.25) is 0 Å². The standard InChI is InChI=1S/C21H26N4O3/c26-18-6-5-16(19(27)24-18)25-12-15-13(3-1-4-14(15)20(25)28)11-22-17-7-10-23-21(17)8-2-9-21/h1,3-4,16-17,22-23H,2,5-12H2,(H,24,26,27). The first-order valence-electron chi connectivity index (χ1n) is 10.3. The van der Waals surface area contributed by atoms with Crippen LogP contribution in [0.4, 0.5) is 0 Å². The van der Waals surface area contributed by atoms with Gasteiger partial charge in [-0.2, -0.15) is 0 Å². The molecule has 1 spiro atoms. The molecule has 0 aromatic heterocycles. The third-order valence-electron chi connectivity index (χ3n) is 7.04. The lowest BCUT2D eigenvalue weighted by Gasteiger charge is -2.44. The van der Waals surface area contributed by atoms with Gasteiger partial charge in [-0.15, -0.1) is 0 Å². The predicted octanol–water partition coefficient (Wildman–Crippen LogP) is 0.822. The maximum Gasteiger partial charge on any atom is 0.255 e. The molecule has 0 radical (unpaired) electrons. The van der Waals surface area contributed by atoms with Gasteiger partial charge in [-0.3, -0.25) is 19.7 Å². The molecule has 2 atom stereocenters. The van der Waals surface area contributed by atoms with Crippen LogP contribution >= 0.6 is 0 Å². The fourth-order valence-corrected chi connectivity index (χ4v) is 5.29. The van der Waals surface area contributed by atoms with Crippen LogP contribution in [0.3, 0.4) is 0 Å². The van der Waals surface area contributed by atoms with Gasteiger partial charge in [-0.05, 0) is 55.8 Å². The molecule has 5 rings (SSSR count). The molecule has 3 amide bonds. The van der Waals surface area contributed by atoms with E-state index in [4.69, 9.17) is 0 Å². The zero-order valence-corrected chi connectivity index (χ0v) is 15.9. The lowest BCUT2D eigenvalue weighted by atomic mass is 9.73. The number of carbonyl (C=O) groups is 3. The number of rotatable bonds is 4. The van der Waals surface area contributed by atoms with Crippen molar-refractivity contribution in [1.29, 1.82) is 0 Å². The van der Waals surface area contributed by atoms with Gasteiger partial charge < -0.3 is 15.5 Å². The minimum Gasteiger partial charge on any atom is -0.322 e.